The van der Waals surface area contributed by atoms with Crippen molar-refractivity contribution in [1.82, 2.24) is 10.2 Å². The molecule has 4 nitrogen and oxygen atoms in total. The zero-order chi connectivity index (χ0) is 13.0. The number of nitrogens with zero attached hydrogens (tertiary/aromatic N) is 1. The van der Waals surface area contributed by atoms with Gasteiger partial charge in [-0.25, -0.2) is 5.10 Å². The Hall–Kier alpha value is -1.03. The molecule has 0 aliphatic rings. The average molecular weight is 258 g/mol. The number of H-pyrrole nitrogens is 1. The van der Waals surface area contributed by atoms with Crippen molar-refractivity contribution in [3.63, 3.8) is 0 Å². The Morgan fingerprint density at radius 2 is 1.94 bits per heavy atom. The maximum absolute atomic E-state index is 11.3. The fraction of sp³-hybridized carbons (Fsp3) is 0.667. The zero-order valence-electron chi connectivity index (χ0n) is 10.7. The maximum Gasteiger partial charge on any atom is 0.285 e. The lowest BCUT2D eigenvalue weighted by atomic mass is 9.85. The van der Waals surface area contributed by atoms with Crippen LogP contribution in [0.4, 0.5) is 5.69 Å². The zero-order valence-corrected chi connectivity index (χ0v) is 11.5. The molecule has 96 valence electrons. The van der Waals surface area contributed by atoms with Gasteiger partial charge in [0.25, 0.3) is 5.56 Å². The molecule has 0 aliphatic heterocycles. The number of halogens is 1. The van der Waals surface area contributed by atoms with Gasteiger partial charge in [-0.3, -0.25) is 4.79 Å². The Labute approximate surface area is 107 Å². The second kappa shape index (κ2) is 6.05. The average Bonchev–Trinajstić information content (AvgIpc) is 2.23. The topological polar surface area (TPSA) is 57.8 Å². The minimum Gasteiger partial charge on any atom is -0.382 e. The van der Waals surface area contributed by atoms with Gasteiger partial charge in [-0.15, -0.1) is 0 Å². The quantitative estimate of drug-likeness (QED) is 0.853. The SMILES string of the molecule is CC(C)C(CNc1cn[nH]c(=O)c1Cl)C(C)C. The maximum atomic E-state index is 11.3. The molecule has 0 radical (unpaired) electrons. The third kappa shape index (κ3) is 3.73. The summed E-state index contributed by atoms with van der Waals surface area (Å²) in [4.78, 5) is 11.3. The predicted octanol–water partition coefficient (Wildman–Crippen LogP) is 2.76. The van der Waals surface area contributed by atoms with Gasteiger partial charge in [-0.1, -0.05) is 39.3 Å². The Kier molecular flexibility index (Phi) is 5.00. The van der Waals surface area contributed by atoms with Crippen LogP contribution in [-0.2, 0) is 0 Å². The molecule has 1 heterocycles. The highest BCUT2D eigenvalue weighted by Gasteiger charge is 2.17. The van der Waals surface area contributed by atoms with Crippen molar-refractivity contribution in [2.45, 2.75) is 27.7 Å². The molecule has 0 aromatic carbocycles. The number of rotatable bonds is 5. The summed E-state index contributed by atoms with van der Waals surface area (Å²) in [5, 5.41) is 9.40. The smallest absolute Gasteiger partial charge is 0.285 e. The van der Waals surface area contributed by atoms with Crippen molar-refractivity contribution in [3.05, 3.63) is 21.6 Å². The molecule has 17 heavy (non-hydrogen) atoms. The molecule has 1 aromatic heterocycles. The monoisotopic (exact) mass is 257 g/mol. The number of aromatic nitrogens is 2. The summed E-state index contributed by atoms with van der Waals surface area (Å²) in [5.74, 6) is 1.69. The van der Waals surface area contributed by atoms with Crippen LogP contribution in [0.3, 0.4) is 0 Å². The van der Waals surface area contributed by atoms with E-state index in [9.17, 15) is 4.79 Å². The van der Waals surface area contributed by atoms with Gasteiger partial charge in [0.2, 0.25) is 0 Å². The number of hydrogen-bond donors (Lipinski definition) is 2. The molecule has 0 unspecified atom stereocenters. The van der Waals surface area contributed by atoms with E-state index < -0.39 is 0 Å². The van der Waals surface area contributed by atoms with Crippen LogP contribution in [0, 0.1) is 17.8 Å². The van der Waals surface area contributed by atoms with Crippen LogP contribution >= 0.6 is 11.6 Å². The standard InChI is InChI=1S/C12H20ClN3O/c1-7(2)9(8(3)4)5-14-10-6-15-16-12(17)11(10)13/h6-9H,5H2,1-4H3,(H2,14,16,17). The minimum absolute atomic E-state index is 0.172. The molecule has 0 atom stereocenters. The largest absolute Gasteiger partial charge is 0.382 e. The summed E-state index contributed by atoms with van der Waals surface area (Å²) in [6.07, 6.45) is 1.54. The van der Waals surface area contributed by atoms with Crippen LogP contribution in [-0.4, -0.2) is 16.7 Å². The normalized spacial score (nSPS) is 11.5. The minimum atomic E-state index is -0.359. The first-order chi connectivity index (χ1) is 7.93. The molecular weight excluding hydrogens is 238 g/mol. The van der Waals surface area contributed by atoms with E-state index >= 15 is 0 Å². The summed E-state index contributed by atoms with van der Waals surface area (Å²) >= 11 is 5.89. The van der Waals surface area contributed by atoms with Crippen LogP contribution in [0.5, 0.6) is 0 Å². The molecule has 0 aliphatic carbocycles. The molecule has 0 saturated heterocycles. The van der Waals surface area contributed by atoms with Gasteiger partial charge in [0, 0.05) is 6.54 Å². The molecule has 0 amide bonds. The van der Waals surface area contributed by atoms with Crippen LogP contribution in [0.1, 0.15) is 27.7 Å². The molecule has 0 fully saturated rings. The number of anilines is 1. The summed E-state index contributed by atoms with van der Waals surface area (Å²) < 4.78 is 0. The number of nitrogens with one attached hydrogen (secondary N) is 2. The third-order valence-corrected chi connectivity index (χ3v) is 3.41. The van der Waals surface area contributed by atoms with Gasteiger partial charge in [0.05, 0.1) is 11.9 Å². The van der Waals surface area contributed by atoms with Crippen LogP contribution in [0.2, 0.25) is 5.02 Å². The molecule has 1 rings (SSSR count). The van der Waals surface area contributed by atoms with E-state index in [1.54, 1.807) is 6.20 Å². The van der Waals surface area contributed by atoms with E-state index in [-0.39, 0.29) is 10.6 Å². The van der Waals surface area contributed by atoms with Gasteiger partial charge in [0.15, 0.2) is 0 Å². The highest BCUT2D eigenvalue weighted by molar-refractivity contribution is 6.32. The fourth-order valence-electron chi connectivity index (χ4n) is 1.98. The van der Waals surface area contributed by atoms with E-state index in [1.165, 1.54) is 0 Å². The molecule has 0 saturated carbocycles. The second-order valence-electron chi connectivity index (χ2n) is 4.96. The second-order valence-corrected chi connectivity index (χ2v) is 5.34. The van der Waals surface area contributed by atoms with Crippen molar-refractivity contribution < 1.29 is 0 Å². The first-order valence-electron chi connectivity index (χ1n) is 5.90. The van der Waals surface area contributed by atoms with Gasteiger partial charge in [-0.2, -0.15) is 5.10 Å². The Balaban J connectivity index is 2.72. The predicted molar refractivity (Wildman–Crippen MR) is 71.5 cm³/mol. The van der Waals surface area contributed by atoms with Crippen molar-refractivity contribution in [1.29, 1.82) is 0 Å². The highest BCUT2D eigenvalue weighted by atomic mass is 35.5. The van der Waals surface area contributed by atoms with Crippen molar-refractivity contribution >= 4 is 17.3 Å². The van der Waals surface area contributed by atoms with E-state index in [2.05, 4.69) is 43.2 Å². The Bertz CT molecular complexity index is 406. The van der Waals surface area contributed by atoms with Crippen molar-refractivity contribution in [2.24, 2.45) is 17.8 Å². The van der Waals surface area contributed by atoms with E-state index in [0.29, 0.717) is 23.4 Å². The van der Waals surface area contributed by atoms with Crippen LogP contribution < -0.4 is 10.9 Å². The molecular formula is C12H20ClN3O. The molecule has 0 bridgehead atoms. The Morgan fingerprint density at radius 1 is 1.35 bits per heavy atom. The van der Waals surface area contributed by atoms with E-state index in [1.807, 2.05) is 0 Å². The van der Waals surface area contributed by atoms with Gasteiger partial charge in [0.1, 0.15) is 5.02 Å². The van der Waals surface area contributed by atoms with Crippen LogP contribution in [0.15, 0.2) is 11.0 Å². The van der Waals surface area contributed by atoms with Gasteiger partial charge < -0.3 is 5.32 Å². The van der Waals surface area contributed by atoms with E-state index in [0.717, 1.165) is 6.54 Å². The molecule has 5 heteroatoms. The summed E-state index contributed by atoms with van der Waals surface area (Å²) in [6, 6.07) is 0. The molecule has 2 N–H and O–H groups in total. The summed E-state index contributed by atoms with van der Waals surface area (Å²) in [5.41, 5.74) is 0.240. The van der Waals surface area contributed by atoms with Crippen molar-refractivity contribution in [2.75, 3.05) is 11.9 Å². The molecule has 1 aromatic rings. The first kappa shape index (κ1) is 14.0. The van der Waals surface area contributed by atoms with Gasteiger partial charge >= 0.3 is 0 Å². The summed E-state index contributed by atoms with van der Waals surface area (Å²) in [7, 11) is 0. The fourth-order valence-corrected chi connectivity index (χ4v) is 2.13. The lowest BCUT2D eigenvalue weighted by Gasteiger charge is -2.25. The first-order valence-corrected chi connectivity index (χ1v) is 6.28. The lowest BCUT2D eigenvalue weighted by Crippen LogP contribution is -2.25. The Morgan fingerprint density at radius 3 is 2.47 bits per heavy atom. The summed E-state index contributed by atoms with van der Waals surface area (Å²) in [6.45, 7) is 9.59. The number of aromatic amines is 1. The third-order valence-electron chi connectivity index (χ3n) is 3.04. The highest BCUT2D eigenvalue weighted by Crippen LogP contribution is 2.22. The lowest BCUT2D eigenvalue weighted by molar-refractivity contribution is 0.304. The van der Waals surface area contributed by atoms with Gasteiger partial charge in [-0.05, 0) is 17.8 Å². The molecule has 0 spiro atoms. The van der Waals surface area contributed by atoms with E-state index in [4.69, 9.17) is 11.6 Å². The number of hydrogen-bond acceptors (Lipinski definition) is 3. The van der Waals surface area contributed by atoms with Crippen molar-refractivity contribution in [3.8, 4) is 0 Å². The van der Waals surface area contributed by atoms with Crippen LogP contribution in [0.25, 0.3) is 0 Å².